The first-order valence-corrected chi connectivity index (χ1v) is 8.72. The van der Waals surface area contributed by atoms with Gasteiger partial charge in [0, 0.05) is 18.4 Å². The van der Waals surface area contributed by atoms with Gasteiger partial charge in [0.25, 0.3) is 0 Å². The van der Waals surface area contributed by atoms with Crippen LogP contribution >= 0.6 is 0 Å². The molecule has 1 aliphatic rings. The molecule has 1 unspecified atom stereocenters. The first-order valence-electron chi connectivity index (χ1n) is 8.72. The van der Waals surface area contributed by atoms with Crippen LogP contribution in [0.3, 0.4) is 0 Å². The lowest BCUT2D eigenvalue weighted by atomic mass is 9.97. The summed E-state index contributed by atoms with van der Waals surface area (Å²) in [6.07, 6.45) is 4.71. The highest BCUT2D eigenvalue weighted by Crippen LogP contribution is 2.33. The Balaban J connectivity index is 1.79. The van der Waals surface area contributed by atoms with E-state index in [1.54, 1.807) is 24.4 Å². The van der Waals surface area contributed by atoms with Gasteiger partial charge >= 0.3 is 0 Å². The van der Waals surface area contributed by atoms with Gasteiger partial charge in [-0.05, 0) is 60.7 Å². The standard InChI is InChI=1S/C21H18FN3O/c22-18-8-6-15(7-9-18)16-4-5-17(14-23)19(13-16)20-10-11-24-25(20)21-3-1-2-12-26-21/h4-11,13,21H,1-3,12H2. The van der Waals surface area contributed by atoms with Crippen molar-refractivity contribution in [3.05, 3.63) is 66.1 Å². The van der Waals surface area contributed by atoms with Crippen molar-refractivity contribution in [2.24, 2.45) is 0 Å². The second-order valence-electron chi connectivity index (χ2n) is 6.36. The minimum Gasteiger partial charge on any atom is -0.356 e. The van der Waals surface area contributed by atoms with E-state index < -0.39 is 0 Å². The number of rotatable bonds is 3. The minimum atomic E-state index is -0.268. The summed E-state index contributed by atoms with van der Waals surface area (Å²) in [5.74, 6) is -0.268. The van der Waals surface area contributed by atoms with Crippen molar-refractivity contribution in [2.45, 2.75) is 25.5 Å². The number of hydrogen-bond acceptors (Lipinski definition) is 3. The number of nitriles is 1. The molecule has 0 N–H and O–H groups in total. The van der Waals surface area contributed by atoms with E-state index in [4.69, 9.17) is 4.74 Å². The predicted molar refractivity (Wildman–Crippen MR) is 96.6 cm³/mol. The zero-order chi connectivity index (χ0) is 17.9. The third-order valence-corrected chi connectivity index (χ3v) is 4.69. The maximum absolute atomic E-state index is 13.2. The summed E-state index contributed by atoms with van der Waals surface area (Å²) in [4.78, 5) is 0. The lowest BCUT2D eigenvalue weighted by Crippen LogP contribution is -2.20. The van der Waals surface area contributed by atoms with Gasteiger partial charge < -0.3 is 4.74 Å². The average Bonchev–Trinajstić information content (AvgIpc) is 3.18. The van der Waals surface area contributed by atoms with Gasteiger partial charge in [0.1, 0.15) is 5.82 Å². The normalized spacial score (nSPS) is 17.0. The smallest absolute Gasteiger partial charge is 0.150 e. The van der Waals surface area contributed by atoms with Gasteiger partial charge in [-0.25, -0.2) is 9.07 Å². The summed E-state index contributed by atoms with van der Waals surface area (Å²) in [6, 6.07) is 16.2. The van der Waals surface area contributed by atoms with Crippen molar-refractivity contribution >= 4 is 0 Å². The lowest BCUT2D eigenvalue weighted by Gasteiger charge is -2.24. The molecular formula is C21H18FN3O. The summed E-state index contributed by atoms with van der Waals surface area (Å²) < 4.78 is 20.9. The number of nitrogens with zero attached hydrogens (tertiary/aromatic N) is 3. The minimum absolute atomic E-state index is 0.102. The first kappa shape index (κ1) is 16.5. The zero-order valence-electron chi connectivity index (χ0n) is 14.2. The molecule has 0 aliphatic carbocycles. The maximum atomic E-state index is 13.2. The topological polar surface area (TPSA) is 50.8 Å². The Kier molecular flexibility index (Phi) is 4.51. The molecule has 1 atom stereocenters. The second kappa shape index (κ2) is 7.11. The molecule has 130 valence electrons. The van der Waals surface area contributed by atoms with Crippen LogP contribution in [-0.4, -0.2) is 16.4 Å². The summed E-state index contributed by atoms with van der Waals surface area (Å²) in [5.41, 5.74) is 4.07. The second-order valence-corrected chi connectivity index (χ2v) is 6.36. The van der Waals surface area contributed by atoms with Crippen LogP contribution in [0.5, 0.6) is 0 Å². The van der Waals surface area contributed by atoms with E-state index in [1.165, 1.54) is 12.1 Å². The highest BCUT2D eigenvalue weighted by molar-refractivity contribution is 5.76. The number of benzene rings is 2. The molecular weight excluding hydrogens is 329 g/mol. The summed E-state index contributed by atoms with van der Waals surface area (Å²) in [5, 5.41) is 14.0. The Labute approximate surface area is 151 Å². The van der Waals surface area contributed by atoms with Crippen LogP contribution < -0.4 is 0 Å². The van der Waals surface area contributed by atoms with Crippen LogP contribution in [0.1, 0.15) is 31.1 Å². The van der Waals surface area contributed by atoms with Gasteiger partial charge in [0.2, 0.25) is 0 Å². The molecule has 26 heavy (non-hydrogen) atoms. The number of aromatic nitrogens is 2. The van der Waals surface area contributed by atoms with E-state index in [-0.39, 0.29) is 12.0 Å². The molecule has 4 nitrogen and oxygen atoms in total. The van der Waals surface area contributed by atoms with Crippen molar-refractivity contribution in [1.29, 1.82) is 5.26 Å². The number of hydrogen-bond donors (Lipinski definition) is 0. The summed E-state index contributed by atoms with van der Waals surface area (Å²) in [7, 11) is 0. The van der Waals surface area contributed by atoms with Crippen LogP contribution in [-0.2, 0) is 4.74 Å². The number of halogens is 1. The van der Waals surface area contributed by atoms with E-state index in [1.807, 2.05) is 22.9 Å². The van der Waals surface area contributed by atoms with Gasteiger partial charge in [0.15, 0.2) is 6.23 Å². The largest absolute Gasteiger partial charge is 0.356 e. The van der Waals surface area contributed by atoms with Crippen molar-refractivity contribution in [1.82, 2.24) is 9.78 Å². The van der Waals surface area contributed by atoms with Crippen LogP contribution in [0.4, 0.5) is 4.39 Å². The van der Waals surface area contributed by atoms with Crippen LogP contribution in [0.15, 0.2) is 54.7 Å². The van der Waals surface area contributed by atoms with Crippen molar-refractivity contribution in [3.63, 3.8) is 0 Å². The molecule has 1 aliphatic heterocycles. The SMILES string of the molecule is N#Cc1ccc(-c2ccc(F)cc2)cc1-c1ccnn1C1CCCCO1. The Morgan fingerprint density at radius 1 is 1.08 bits per heavy atom. The molecule has 3 aromatic rings. The van der Waals surface area contributed by atoms with Gasteiger partial charge in [-0.1, -0.05) is 18.2 Å². The highest BCUT2D eigenvalue weighted by Gasteiger charge is 2.21. The van der Waals surface area contributed by atoms with E-state index in [0.717, 1.165) is 48.3 Å². The molecule has 5 heteroatoms. The van der Waals surface area contributed by atoms with Gasteiger partial charge in [-0.3, -0.25) is 0 Å². The first-order chi connectivity index (χ1) is 12.8. The molecule has 0 saturated carbocycles. The Morgan fingerprint density at radius 2 is 1.88 bits per heavy atom. The van der Waals surface area contributed by atoms with E-state index in [2.05, 4.69) is 11.2 Å². The van der Waals surface area contributed by atoms with E-state index in [0.29, 0.717) is 5.56 Å². The lowest BCUT2D eigenvalue weighted by molar-refractivity contribution is -0.0383. The third kappa shape index (κ3) is 3.12. The Bertz CT molecular complexity index is 950. The summed E-state index contributed by atoms with van der Waals surface area (Å²) in [6.45, 7) is 0.727. The fraction of sp³-hybridized carbons (Fsp3) is 0.238. The molecule has 0 radical (unpaired) electrons. The van der Waals surface area contributed by atoms with Crippen molar-refractivity contribution in [3.8, 4) is 28.5 Å². The predicted octanol–water partition coefficient (Wildman–Crippen LogP) is 4.93. The molecule has 0 spiro atoms. The van der Waals surface area contributed by atoms with E-state index >= 15 is 0 Å². The molecule has 2 aromatic carbocycles. The molecule has 2 heterocycles. The summed E-state index contributed by atoms with van der Waals surface area (Å²) >= 11 is 0. The van der Waals surface area contributed by atoms with E-state index in [9.17, 15) is 9.65 Å². The molecule has 1 saturated heterocycles. The van der Waals surface area contributed by atoms with Gasteiger partial charge in [0.05, 0.1) is 17.3 Å². The monoisotopic (exact) mass is 347 g/mol. The van der Waals surface area contributed by atoms with Crippen molar-refractivity contribution < 1.29 is 9.13 Å². The van der Waals surface area contributed by atoms with Gasteiger partial charge in [-0.15, -0.1) is 0 Å². The van der Waals surface area contributed by atoms with Crippen LogP contribution in [0.25, 0.3) is 22.4 Å². The fourth-order valence-corrected chi connectivity index (χ4v) is 3.35. The Hall–Kier alpha value is -2.97. The van der Waals surface area contributed by atoms with Crippen LogP contribution in [0.2, 0.25) is 0 Å². The molecule has 1 fully saturated rings. The van der Waals surface area contributed by atoms with Crippen LogP contribution in [0, 0.1) is 17.1 Å². The van der Waals surface area contributed by atoms with Crippen molar-refractivity contribution in [2.75, 3.05) is 6.61 Å². The molecule has 0 bridgehead atoms. The average molecular weight is 347 g/mol. The third-order valence-electron chi connectivity index (χ3n) is 4.69. The quantitative estimate of drug-likeness (QED) is 0.675. The maximum Gasteiger partial charge on any atom is 0.150 e. The molecule has 4 rings (SSSR count). The Morgan fingerprint density at radius 3 is 2.62 bits per heavy atom. The number of ether oxygens (including phenoxy) is 1. The van der Waals surface area contributed by atoms with Gasteiger partial charge in [-0.2, -0.15) is 10.4 Å². The fourth-order valence-electron chi connectivity index (χ4n) is 3.35. The zero-order valence-corrected chi connectivity index (χ0v) is 14.2. The highest BCUT2D eigenvalue weighted by atomic mass is 19.1. The molecule has 0 amide bonds. The molecule has 1 aromatic heterocycles.